The Labute approximate surface area is 393 Å². The fourth-order valence-corrected chi connectivity index (χ4v) is 7.76. The van der Waals surface area contributed by atoms with E-state index in [0.717, 1.165) is 46.0 Å². The predicted octanol–water partition coefficient (Wildman–Crippen LogP) is 17.7. The molecule has 4 heteroatoms. The van der Waals surface area contributed by atoms with E-state index in [-0.39, 0.29) is 10.8 Å². The van der Waals surface area contributed by atoms with Crippen LogP contribution in [0.5, 0.6) is 46.0 Å². The van der Waals surface area contributed by atoms with Crippen LogP contribution in [0.15, 0.2) is 170 Å². The van der Waals surface area contributed by atoms with Crippen LogP contribution in [-0.2, 0) is 10.8 Å². The molecule has 4 nitrogen and oxygen atoms in total. The van der Waals surface area contributed by atoms with E-state index in [9.17, 15) is 0 Å². The Balaban J connectivity index is 0.000000196. The van der Waals surface area contributed by atoms with Crippen LogP contribution in [0.3, 0.4) is 0 Å². The van der Waals surface area contributed by atoms with Crippen molar-refractivity contribution in [3.63, 3.8) is 0 Å². The van der Waals surface area contributed by atoms with Gasteiger partial charge in [0.1, 0.15) is 46.0 Å². The highest BCUT2D eigenvalue weighted by Crippen LogP contribution is 2.38. The van der Waals surface area contributed by atoms with Crippen molar-refractivity contribution in [3.05, 3.63) is 237 Å². The smallest absolute Gasteiger partial charge is 0.127 e. The molecule has 0 spiro atoms. The Bertz CT molecular complexity index is 2740. The van der Waals surface area contributed by atoms with Crippen LogP contribution in [0.25, 0.3) is 0 Å². The molecule has 0 saturated carbocycles. The van der Waals surface area contributed by atoms with Gasteiger partial charge in [0.25, 0.3) is 0 Å². The highest BCUT2D eigenvalue weighted by atomic mass is 16.5. The first kappa shape index (κ1) is 46.9. The zero-order valence-electron chi connectivity index (χ0n) is 40.8. The second-order valence-corrected chi connectivity index (χ2v) is 18.7. The molecule has 0 atom stereocenters. The molecular weight excluding hydrogens is 809 g/mol. The van der Waals surface area contributed by atoms with Gasteiger partial charge in [0.15, 0.2) is 0 Å². The summed E-state index contributed by atoms with van der Waals surface area (Å²) in [5.41, 5.74) is 14.5. The van der Waals surface area contributed by atoms with Crippen molar-refractivity contribution < 1.29 is 18.9 Å². The third-order valence-corrected chi connectivity index (χ3v) is 13.1. The van der Waals surface area contributed by atoms with Gasteiger partial charge in [-0.05, 0) is 219 Å². The number of benzene rings is 8. The first-order valence-electron chi connectivity index (χ1n) is 22.9. The first-order chi connectivity index (χ1) is 31.4. The lowest BCUT2D eigenvalue weighted by Crippen LogP contribution is -2.18. The summed E-state index contributed by atoms with van der Waals surface area (Å²) in [4.78, 5) is 0. The maximum Gasteiger partial charge on any atom is 0.127 e. The normalized spacial score (nSPS) is 11.3. The summed E-state index contributed by atoms with van der Waals surface area (Å²) in [6.45, 7) is 25.8. The SMILES string of the molecule is Cc1ccc(Oc2ccc(C(C)(C)c3ccc(Oc4ccc(C)c(C)c4)cc3)cc2)cc1C.Cc1ccc(Oc2cccc(C(C)(C)c3cccc(Oc4ccc(C)c(C)c4)c3)c2)cc1C. The number of hydrogen-bond donors (Lipinski definition) is 0. The molecule has 0 N–H and O–H groups in total. The molecule has 0 saturated heterocycles. The maximum absolute atomic E-state index is 6.18. The average molecular weight is 873 g/mol. The minimum Gasteiger partial charge on any atom is -0.457 e. The summed E-state index contributed by atoms with van der Waals surface area (Å²) in [5.74, 6) is 6.81. The molecule has 8 rings (SSSR count). The molecule has 0 radical (unpaired) electrons. The molecule has 0 amide bonds. The number of ether oxygens (including phenoxy) is 4. The molecule has 0 heterocycles. The van der Waals surface area contributed by atoms with Gasteiger partial charge in [-0.1, -0.05) is 100 Å². The first-order valence-corrected chi connectivity index (χ1v) is 22.9. The van der Waals surface area contributed by atoms with E-state index in [4.69, 9.17) is 18.9 Å². The second-order valence-electron chi connectivity index (χ2n) is 18.7. The molecule has 0 bridgehead atoms. The van der Waals surface area contributed by atoms with Gasteiger partial charge in [0.05, 0.1) is 0 Å². The Kier molecular flexibility index (Phi) is 14.2. The maximum atomic E-state index is 6.18. The quantitative estimate of drug-likeness (QED) is 0.123. The van der Waals surface area contributed by atoms with Gasteiger partial charge in [-0.15, -0.1) is 0 Å². The molecule has 8 aromatic carbocycles. The molecule has 0 aliphatic heterocycles. The molecule has 0 unspecified atom stereocenters. The van der Waals surface area contributed by atoms with Crippen LogP contribution in [0, 0.1) is 55.4 Å². The fraction of sp³-hybridized carbons (Fsp3) is 0.226. The van der Waals surface area contributed by atoms with Gasteiger partial charge in [-0.2, -0.15) is 0 Å². The molecule has 0 fully saturated rings. The van der Waals surface area contributed by atoms with Crippen LogP contribution >= 0.6 is 0 Å². The predicted molar refractivity (Wildman–Crippen MR) is 274 cm³/mol. The second kappa shape index (κ2) is 20.0. The van der Waals surface area contributed by atoms with Gasteiger partial charge >= 0.3 is 0 Å². The standard InChI is InChI=1S/2C31H32O2/c1-21-7-13-29(19-23(21)3)32-27-15-9-25(10-16-27)31(5,6)26-11-17-28(18-12-26)33-30-14-8-22(2)24(4)20-30;1-21-13-15-29(17-23(21)3)32-27-11-7-9-25(19-27)31(5,6)26-10-8-12-28(20-26)33-30-16-14-22(2)24(4)18-30/h2*7-20H,1-6H3. The minimum absolute atomic E-state index is 0.141. The summed E-state index contributed by atoms with van der Waals surface area (Å²) in [6, 6.07) is 58.3. The Hall–Kier alpha value is -7.04. The molecule has 8 aromatic rings. The summed E-state index contributed by atoms with van der Waals surface area (Å²) < 4.78 is 24.5. The van der Waals surface area contributed by atoms with Crippen molar-refractivity contribution in [2.24, 2.45) is 0 Å². The van der Waals surface area contributed by atoms with Gasteiger partial charge in [-0.25, -0.2) is 0 Å². The zero-order valence-corrected chi connectivity index (χ0v) is 40.8. The van der Waals surface area contributed by atoms with Crippen molar-refractivity contribution in [2.45, 2.75) is 93.9 Å². The van der Waals surface area contributed by atoms with Crippen molar-refractivity contribution >= 4 is 0 Å². The van der Waals surface area contributed by atoms with Crippen molar-refractivity contribution in [1.29, 1.82) is 0 Å². The van der Waals surface area contributed by atoms with Crippen molar-refractivity contribution in [3.8, 4) is 46.0 Å². The largest absolute Gasteiger partial charge is 0.457 e. The molecule has 336 valence electrons. The van der Waals surface area contributed by atoms with Crippen LogP contribution < -0.4 is 18.9 Å². The third kappa shape index (κ3) is 11.4. The van der Waals surface area contributed by atoms with Crippen LogP contribution in [0.4, 0.5) is 0 Å². The summed E-state index contributed by atoms with van der Waals surface area (Å²) >= 11 is 0. The van der Waals surface area contributed by atoms with Gasteiger partial charge in [-0.3, -0.25) is 0 Å². The number of hydrogen-bond acceptors (Lipinski definition) is 4. The lowest BCUT2D eigenvalue weighted by Gasteiger charge is -2.27. The molecule has 66 heavy (non-hydrogen) atoms. The van der Waals surface area contributed by atoms with E-state index in [1.807, 2.05) is 60.7 Å². The molecule has 0 aliphatic rings. The average Bonchev–Trinajstić information content (AvgIpc) is 3.29. The zero-order chi connectivity index (χ0) is 47.2. The fourth-order valence-electron chi connectivity index (χ4n) is 7.76. The van der Waals surface area contributed by atoms with Crippen LogP contribution in [-0.4, -0.2) is 0 Å². The van der Waals surface area contributed by atoms with E-state index in [0.29, 0.717) is 0 Å². The lowest BCUT2D eigenvalue weighted by molar-refractivity contribution is 0.476. The highest BCUT2D eigenvalue weighted by Gasteiger charge is 2.25. The summed E-state index contributed by atoms with van der Waals surface area (Å²) in [6.07, 6.45) is 0. The molecule has 0 aromatic heterocycles. The summed E-state index contributed by atoms with van der Waals surface area (Å²) in [7, 11) is 0. The van der Waals surface area contributed by atoms with E-state index in [1.165, 1.54) is 66.8 Å². The Morgan fingerprint density at radius 3 is 0.758 bits per heavy atom. The van der Waals surface area contributed by atoms with Gasteiger partial charge < -0.3 is 18.9 Å². The Morgan fingerprint density at radius 2 is 0.470 bits per heavy atom. The van der Waals surface area contributed by atoms with Crippen LogP contribution in [0.2, 0.25) is 0 Å². The molecular formula is C62H64O4. The lowest BCUT2D eigenvalue weighted by atomic mass is 9.78. The van der Waals surface area contributed by atoms with Gasteiger partial charge in [0.2, 0.25) is 0 Å². The van der Waals surface area contributed by atoms with E-state index in [2.05, 4.69) is 192 Å². The number of aryl methyl sites for hydroxylation is 8. The monoisotopic (exact) mass is 872 g/mol. The number of rotatable bonds is 12. The summed E-state index contributed by atoms with van der Waals surface area (Å²) in [5, 5.41) is 0. The minimum atomic E-state index is -0.217. The van der Waals surface area contributed by atoms with Crippen molar-refractivity contribution in [2.75, 3.05) is 0 Å². The third-order valence-electron chi connectivity index (χ3n) is 13.1. The van der Waals surface area contributed by atoms with E-state index < -0.39 is 0 Å². The Morgan fingerprint density at radius 1 is 0.227 bits per heavy atom. The highest BCUT2D eigenvalue weighted by molar-refractivity contribution is 5.48. The van der Waals surface area contributed by atoms with E-state index in [1.54, 1.807) is 0 Å². The van der Waals surface area contributed by atoms with E-state index >= 15 is 0 Å². The van der Waals surface area contributed by atoms with Crippen molar-refractivity contribution in [1.82, 2.24) is 0 Å². The van der Waals surface area contributed by atoms with Gasteiger partial charge in [0, 0.05) is 10.8 Å². The topological polar surface area (TPSA) is 36.9 Å². The van der Waals surface area contributed by atoms with Crippen LogP contribution in [0.1, 0.15) is 94.5 Å². The molecule has 0 aliphatic carbocycles.